The van der Waals surface area contributed by atoms with Gasteiger partial charge in [0, 0.05) is 0 Å². The minimum atomic E-state index is -1.40. The molecule has 0 unspecified atom stereocenters. The maximum absolute atomic E-state index is 10.4. The van der Waals surface area contributed by atoms with Crippen molar-refractivity contribution in [2.24, 2.45) is 5.18 Å². The van der Waals surface area contributed by atoms with Gasteiger partial charge in [-0.1, -0.05) is 12.1 Å². The number of carboxylic acid groups (broad SMARTS) is 1. The summed E-state index contributed by atoms with van der Waals surface area (Å²) in [6.07, 6.45) is 1.08. The second-order valence-electron chi connectivity index (χ2n) is 2.52. The van der Waals surface area contributed by atoms with Crippen LogP contribution in [0.15, 0.2) is 35.1 Å². The van der Waals surface area contributed by atoms with Crippen molar-refractivity contribution in [3.8, 4) is 5.75 Å². The number of carboxylic acids is 1. The summed E-state index contributed by atoms with van der Waals surface area (Å²) in [6, 6.07) is 5.85. The van der Waals surface area contributed by atoms with E-state index < -0.39 is 11.7 Å². The van der Waals surface area contributed by atoms with E-state index in [2.05, 4.69) is 5.18 Å². The maximum atomic E-state index is 10.4. The van der Waals surface area contributed by atoms with Crippen LogP contribution in [0.3, 0.4) is 0 Å². The second kappa shape index (κ2) is 4.18. The highest BCUT2D eigenvalue weighted by atomic mass is 16.4. The quantitative estimate of drug-likeness (QED) is 0.563. The summed E-state index contributed by atoms with van der Waals surface area (Å²) in [5, 5.41) is 19.9. The van der Waals surface area contributed by atoms with Crippen molar-refractivity contribution in [1.29, 1.82) is 0 Å². The number of aliphatic carboxylic acids is 1. The molecule has 0 heterocycles. The Labute approximate surface area is 79.3 Å². The molecule has 1 aromatic carbocycles. The predicted molar refractivity (Wildman–Crippen MR) is 49.5 cm³/mol. The van der Waals surface area contributed by atoms with Gasteiger partial charge in [-0.05, 0) is 28.9 Å². The van der Waals surface area contributed by atoms with Gasteiger partial charge in [-0.25, -0.2) is 4.79 Å². The molecule has 1 aromatic rings. The van der Waals surface area contributed by atoms with E-state index in [-0.39, 0.29) is 5.75 Å². The Balaban J connectivity index is 3.06. The van der Waals surface area contributed by atoms with Crippen LogP contribution in [-0.2, 0) is 4.79 Å². The van der Waals surface area contributed by atoms with Crippen molar-refractivity contribution in [1.82, 2.24) is 0 Å². The van der Waals surface area contributed by atoms with Gasteiger partial charge in [0.15, 0.2) is 5.70 Å². The molecule has 0 amide bonds. The number of hydrogen-bond acceptors (Lipinski definition) is 4. The van der Waals surface area contributed by atoms with Crippen LogP contribution in [0.1, 0.15) is 5.56 Å². The van der Waals surface area contributed by atoms with Gasteiger partial charge in [-0.15, -0.1) is 4.91 Å². The molecular formula is C9H7NO4. The summed E-state index contributed by atoms with van der Waals surface area (Å²) in [4.78, 5) is 20.5. The average Bonchev–Trinajstić information content (AvgIpc) is 2.14. The first kappa shape index (κ1) is 9.91. The van der Waals surface area contributed by atoms with E-state index in [1.54, 1.807) is 6.07 Å². The summed E-state index contributed by atoms with van der Waals surface area (Å²) >= 11 is 0. The van der Waals surface area contributed by atoms with Crippen LogP contribution >= 0.6 is 0 Å². The zero-order chi connectivity index (χ0) is 10.6. The molecule has 0 saturated heterocycles. The van der Waals surface area contributed by atoms with Crippen molar-refractivity contribution in [3.05, 3.63) is 40.4 Å². The highest BCUT2D eigenvalue weighted by Gasteiger charge is 2.06. The summed E-state index contributed by atoms with van der Waals surface area (Å²) in [5.41, 5.74) is -0.197. The Hall–Kier alpha value is -2.17. The molecule has 0 aliphatic heterocycles. The van der Waals surface area contributed by atoms with Crippen molar-refractivity contribution < 1.29 is 15.0 Å². The van der Waals surface area contributed by atoms with Crippen LogP contribution in [0.2, 0.25) is 0 Å². The third kappa shape index (κ3) is 2.41. The van der Waals surface area contributed by atoms with Gasteiger partial charge < -0.3 is 10.2 Å². The van der Waals surface area contributed by atoms with Crippen LogP contribution < -0.4 is 0 Å². The van der Waals surface area contributed by atoms with Crippen molar-refractivity contribution in [2.45, 2.75) is 0 Å². The molecule has 0 aromatic heterocycles. The molecule has 0 spiro atoms. The molecule has 0 aliphatic carbocycles. The third-order valence-electron chi connectivity index (χ3n) is 1.49. The van der Waals surface area contributed by atoms with E-state index in [1.165, 1.54) is 18.2 Å². The first-order valence-corrected chi connectivity index (χ1v) is 3.71. The lowest BCUT2D eigenvalue weighted by molar-refractivity contribution is -0.132. The largest absolute Gasteiger partial charge is 0.508 e. The Morgan fingerprint density at radius 1 is 1.43 bits per heavy atom. The molecule has 5 heteroatoms. The number of hydrogen-bond donors (Lipinski definition) is 2. The Morgan fingerprint density at radius 2 is 2.14 bits per heavy atom. The molecule has 72 valence electrons. The molecule has 1 rings (SSSR count). The normalized spacial score (nSPS) is 11.0. The number of aromatic hydroxyl groups is 1. The lowest BCUT2D eigenvalue weighted by Gasteiger charge is -1.95. The minimum Gasteiger partial charge on any atom is -0.508 e. The van der Waals surface area contributed by atoms with Crippen LogP contribution in [0.5, 0.6) is 5.75 Å². The van der Waals surface area contributed by atoms with E-state index in [4.69, 9.17) is 10.2 Å². The molecule has 0 bridgehead atoms. The van der Waals surface area contributed by atoms with Crippen LogP contribution in [0, 0.1) is 4.91 Å². The topological polar surface area (TPSA) is 87.0 Å². The minimum absolute atomic E-state index is 0.00520. The van der Waals surface area contributed by atoms with Gasteiger partial charge in [0.05, 0.1) is 0 Å². The molecule has 0 saturated carbocycles. The van der Waals surface area contributed by atoms with Crippen molar-refractivity contribution in [2.75, 3.05) is 0 Å². The SMILES string of the molecule is O=N/C(=C\c1cccc(O)c1)C(=O)O. The van der Waals surface area contributed by atoms with Crippen LogP contribution in [0.25, 0.3) is 6.08 Å². The van der Waals surface area contributed by atoms with E-state index in [9.17, 15) is 9.70 Å². The van der Waals surface area contributed by atoms with E-state index in [1.807, 2.05) is 0 Å². The van der Waals surface area contributed by atoms with E-state index in [0.717, 1.165) is 6.08 Å². The molecule has 0 aliphatic rings. The number of phenols is 1. The fraction of sp³-hybridized carbons (Fsp3) is 0. The Kier molecular flexibility index (Phi) is 2.96. The smallest absolute Gasteiger partial charge is 0.358 e. The summed E-state index contributed by atoms with van der Waals surface area (Å²) in [7, 11) is 0. The molecule has 5 nitrogen and oxygen atoms in total. The zero-order valence-electron chi connectivity index (χ0n) is 7.04. The standard InChI is InChI=1S/C9H7NO4/c11-7-3-1-2-6(4-7)5-8(10-14)9(12)13/h1-5,11H,(H,12,13)/b8-5-. The molecule has 14 heavy (non-hydrogen) atoms. The summed E-state index contributed by atoms with van der Waals surface area (Å²) in [5.74, 6) is -1.40. The van der Waals surface area contributed by atoms with Gasteiger partial charge in [-0.3, -0.25) is 0 Å². The monoisotopic (exact) mass is 193 g/mol. The fourth-order valence-corrected chi connectivity index (χ4v) is 0.900. The zero-order valence-corrected chi connectivity index (χ0v) is 7.04. The molecular weight excluding hydrogens is 186 g/mol. The number of nitroso groups, excluding NO2 is 1. The second-order valence-corrected chi connectivity index (χ2v) is 2.52. The Bertz CT molecular complexity index is 398. The molecule has 0 radical (unpaired) electrons. The lowest BCUT2D eigenvalue weighted by atomic mass is 10.2. The fourth-order valence-electron chi connectivity index (χ4n) is 0.900. The number of carbonyl (C=O) groups is 1. The highest BCUT2D eigenvalue weighted by Crippen LogP contribution is 2.14. The molecule has 0 atom stereocenters. The van der Waals surface area contributed by atoms with Gasteiger partial charge in [0.25, 0.3) is 0 Å². The lowest BCUT2D eigenvalue weighted by Crippen LogP contribution is -1.96. The Morgan fingerprint density at radius 3 is 2.64 bits per heavy atom. The van der Waals surface area contributed by atoms with E-state index >= 15 is 0 Å². The number of benzene rings is 1. The molecule has 2 N–H and O–H groups in total. The first-order chi connectivity index (χ1) is 6.63. The van der Waals surface area contributed by atoms with Crippen molar-refractivity contribution in [3.63, 3.8) is 0 Å². The first-order valence-electron chi connectivity index (χ1n) is 3.71. The van der Waals surface area contributed by atoms with Gasteiger partial charge >= 0.3 is 5.97 Å². The number of nitrogens with zero attached hydrogens (tertiary/aromatic N) is 1. The number of rotatable bonds is 3. The highest BCUT2D eigenvalue weighted by molar-refractivity contribution is 5.91. The van der Waals surface area contributed by atoms with Crippen LogP contribution in [-0.4, -0.2) is 16.2 Å². The maximum Gasteiger partial charge on any atom is 0.358 e. The van der Waals surface area contributed by atoms with Gasteiger partial charge in [0.1, 0.15) is 5.75 Å². The van der Waals surface area contributed by atoms with Crippen LogP contribution in [0.4, 0.5) is 0 Å². The van der Waals surface area contributed by atoms with Gasteiger partial charge in [-0.2, -0.15) is 0 Å². The predicted octanol–water partition coefficient (Wildman–Crippen LogP) is 1.58. The van der Waals surface area contributed by atoms with Gasteiger partial charge in [0.2, 0.25) is 0 Å². The summed E-state index contributed by atoms with van der Waals surface area (Å²) < 4.78 is 0. The van der Waals surface area contributed by atoms with Crippen molar-refractivity contribution >= 4 is 12.0 Å². The average molecular weight is 193 g/mol. The summed E-state index contributed by atoms with van der Waals surface area (Å²) in [6.45, 7) is 0. The van der Waals surface area contributed by atoms with E-state index in [0.29, 0.717) is 5.56 Å². The number of phenolic OH excluding ortho intramolecular Hbond substituents is 1. The third-order valence-corrected chi connectivity index (χ3v) is 1.49. The molecule has 0 fully saturated rings.